The average molecular weight is 280 g/mol. The Labute approximate surface area is 118 Å². The molecule has 1 aromatic heterocycles. The Hall–Kier alpha value is -0.830. The van der Waals surface area contributed by atoms with Crippen molar-refractivity contribution in [2.24, 2.45) is 5.73 Å². The van der Waals surface area contributed by atoms with Crippen molar-refractivity contribution in [2.75, 3.05) is 0 Å². The number of hydrogen-bond donors (Lipinski definition) is 1. The van der Waals surface area contributed by atoms with Crippen LogP contribution in [0.5, 0.6) is 0 Å². The van der Waals surface area contributed by atoms with E-state index in [1.54, 1.807) is 0 Å². The van der Waals surface area contributed by atoms with Gasteiger partial charge in [-0.15, -0.1) is 11.3 Å². The first-order valence-electron chi connectivity index (χ1n) is 6.27. The maximum Gasteiger partial charge on any atom is 0.0438 e. The van der Waals surface area contributed by atoms with E-state index in [2.05, 4.69) is 23.6 Å². The van der Waals surface area contributed by atoms with E-state index >= 15 is 0 Å². The zero-order valence-corrected chi connectivity index (χ0v) is 11.9. The summed E-state index contributed by atoms with van der Waals surface area (Å²) in [5, 5.41) is 2.95. The fourth-order valence-electron chi connectivity index (χ4n) is 2.04. The molecule has 0 spiro atoms. The summed E-state index contributed by atoms with van der Waals surface area (Å²) in [5.74, 6) is 0. The Bertz CT molecular complexity index is 467. The van der Waals surface area contributed by atoms with Crippen LogP contribution in [0.2, 0.25) is 5.02 Å². The molecule has 18 heavy (non-hydrogen) atoms. The number of rotatable bonds is 6. The highest BCUT2D eigenvalue weighted by Crippen LogP contribution is 2.18. The Morgan fingerprint density at radius 3 is 2.72 bits per heavy atom. The fourth-order valence-corrected chi connectivity index (χ4v) is 3.01. The Morgan fingerprint density at radius 1 is 1.17 bits per heavy atom. The lowest BCUT2D eigenvalue weighted by Gasteiger charge is -2.12. The quantitative estimate of drug-likeness (QED) is 0.838. The third-order valence-electron chi connectivity index (χ3n) is 3.02. The highest BCUT2D eigenvalue weighted by atomic mass is 35.5. The lowest BCUT2D eigenvalue weighted by atomic mass is 10.0. The van der Waals surface area contributed by atoms with Crippen LogP contribution in [0.25, 0.3) is 0 Å². The van der Waals surface area contributed by atoms with E-state index in [4.69, 9.17) is 17.3 Å². The molecule has 0 saturated carbocycles. The lowest BCUT2D eigenvalue weighted by Crippen LogP contribution is -2.23. The van der Waals surface area contributed by atoms with Gasteiger partial charge in [-0.1, -0.05) is 35.9 Å². The van der Waals surface area contributed by atoms with Crippen molar-refractivity contribution in [1.29, 1.82) is 0 Å². The zero-order chi connectivity index (χ0) is 12.8. The summed E-state index contributed by atoms with van der Waals surface area (Å²) in [4.78, 5) is 1.44. The van der Waals surface area contributed by atoms with E-state index in [9.17, 15) is 0 Å². The molecule has 0 radical (unpaired) electrons. The molecule has 1 unspecified atom stereocenters. The Kier molecular flexibility index (Phi) is 5.24. The van der Waals surface area contributed by atoms with Crippen molar-refractivity contribution in [3.05, 3.63) is 57.2 Å². The van der Waals surface area contributed by atoms with Gasteiger partial charge in [0, 0.05) is 15.9 Å². The van der Waals surface area contributed by atoms with E-state index in [-0.39, 0.29) is 6.04 Å². The van der Waals surface area contributed by atoms with Crippen molar-refractivity contribution in [2.45, 2.75) is 31.7 Å². The molecule has 2 N–H and O–H groups in total. The molecular weight excluding hydrogens is 262 g/mol. The van der Waals surface area contributed by atoms with Crippen LogP contribution in [0.1, 0.15) is 23.3 Å². The summed E-state index contributed by atoms with van der Waals surface area (Å²) >= 11 is 7.95. The highest BCUT2D eigenvalue weighted by Gasteiger charge is 2.07. The van der Waals surface area contributed by atoms with E-state index in [1.165, 1.54) is 4.88 Å². The molecule has 0 bridgehead atoms. The van der Waals surface area contributed by atoms with Crippen LogP contribution in [0.3, 0.4) is 0 Å². The van der Waals surface area contributed by atoms with Gasteiger partial charge in [-0.05, 0) is 48.8 Å². The minimum absolute atomic E-state index is 0.199. The minimum Gasteiger partial charge on any atom is -0.327 e. The Morgan fingerprint density at radius 2 is 2.00 bits per heavy atom. The van der Waals surface area contributed by atoms with Gasteiger partial charge in [0.15, 0.2) is 0 Å². The van der Waals surface area contributed by atoms with Gasteiger partial charge in [0.1, 0.15) is 0 Å². The summed E-state index contributed by atoms with van der Waals surface area (Å²) in [6.45, 7) is 0. The van der Waals surface area contributed by atoms with Crippen molar-refractivity contribution >= 4 is 22.9 Å². The highest BCUT2D eigenvalue weighted by molar-refractivity contribution is 7.09. The molecule has 2 aromatic rings. The standard InChI is InChI=1S/C15H18ClNS/c16-15-9-2-1-5-12(15)11-13(17)6-3-7-14-8-4-10-18-14/h1-2,4-5,8-10,13H,3,6-7,11,17H2. The summed E-state index contributed by atoms with van der Waals surface area (Å²) in [7, 11) is 0. The smallest absolute Gasteiger partial charge is 0.0438 e. The molecule has 0 fully saturated rings. The van der Waals surface area contributed by atoms with Crippen molar-refractivity contribution < 1.29 is 0 Å². The van der Waals surface area contributed by atoms with E-state index in [0.29, 0.717) is 0 Å². The molecule has 0 aliphatic heterocycles. The first-order chi connectivity index (χ1) is 8.75. The summed E-state index contributed by atoms with van der Waals surface area (Å²) in [6.07, 6.45) is 4.19. The van der Waals surface area contributed by atoms with Crippen LogP contribution in [0, 0.1) is 0 Å². The molecule has 0 aliphatic carbocycles. The zero-order valence-electron chi connectivity index (χ0n) is 10.3. The number of benzene rings is 1. The minimum atomic E-state index is 0.199. The monoisotopic (exact) mass is 279 g/mol. The molecule has 1 nitrogen and oxygen atoms in total. The molecule has 1 aromatic carbocycles. The molecule has 96 valence electrons. The van der Waals surface area contributed by atoms with Crippen molar-refractivity contribution in [3.8, 4) is 0 Å². The van der Waals surface area contributed by atoms with Crippen LogP contribution in [0.15, 0.2) is 41.8 Å². The van der Waals surface area contributed by atoms with E-state index in [1.807, 2.05) is 29.5 Å². The normalized spacial score (nSPS) is 12.6. The topological polar surface area (TPSA) is 26.0 Å². The lowest BCUT2D eigenvalue weighted by molar-refractivity contribution is 0.582. The van der Waals surface area contributed by atoms with Gasteiger partial charge in [-0.2, -0.15) is 0 Å². The van der Waals surface area contributed by atoms with Gasteiger partial charge >= 0.3 is 0 Å². The van der Waals surface area contributed by atoms with Gasteiger partial charge < -0.3 is 5.73 Å². The maximum atomic E-state index is 6.16. The summed E-state index contributed by atoms with van der Waals surface area (Å²) in [6, 6.07) is 12.4. The third-order valence-corrected chi connectivity index (χ3v) is 4.32. The average Bonchev–Trinajstić information content (AvgIpc) is 2.85. The second-order valence-electron chi connectivity index (χ2n) is 4.53. The number of nitrogens with two attached hydrogens (primary N) is 1. The molecule has 1 atom stereocenters. The second-order valence-corrected chi connectivity index (χ2v) is 5.97. The molecule has 0 amide bonds. The van der Waals surface area contributed by atoms with Gasteiger partial charge in [-0.3, -0.25) is 0 Å². The number of hydrogen-bond acceptors (Lipinski definition) is 2. The van der Waals surface area contributed by atoms with Crippen molar-refractivity contribution in [3.63, 3.8) is 0 Å². The molecule has 3 heteroatoms. The van der Waals surface area contributed by atoms with E-state index < -0.39 is 0 Å². The van der Waals surface area contributed by atoms with Gasteiger partial charge in [0.2, 0.25) is 0 Å². The predicted molar refractivity (Wildman–Crippen MR) is 80.4 cm³/mol. The summed E-state index contributed by atoms with van der Waals surface area (Å²) < 4.78 is 0. The second kappa shape index (κ2) is 6.93. The molecule has 0 aliphatic rings. The molecule has 0 saturated heterocycles. The fraction of sp³-hybridized carbons (Fsp3) is 0.333. The molecular formula is C15H18ClNS. The predicted octanol–water partition coefficient (Wildman–Crippen LogP) is 4.29. The SMILES string of the molecule is NC(CCCc1cccs1)Cc1ccccc1Cl. The largest absolute Gasteiger partial charge is 0.327 e. The first-order valence-corrected chi connectivity index (χ1v) is 7.53. The Balaban J connectivity index is 1.75. The third kappa shape index (κ3) is 4.13. The summed E-state index contributed by atoms with van der Waals surface area (Å²) in [5.41, 5.74) is 7.31. The maximum absolute atomic E-state index is 6.16. The van der Waals surface area contributed by atoms with Crippen LogP contribution in [-0.4, -0.2) is 6.04 Å². The van der Waals surface area contributed by atoms with Gasteiger partial charge in [0.05, 0.1) is 0 Å². The van der Waals surface area contributed by atoms with Crippen LogP contribution in [-0.2, 0) is 12.8 Å². The van der Waals surface area contributed by atoms with Gasteiger partial charge in [-0.25, -0.2) is 0 Å². The van der Waals surface area contributed by atoms with Crippen LogP contribution in [0.4, 0.5) is 0 Å². The number of thiophene rings is 1. The van der Waals surface area contributed by atoms with Crippen molar-refractivity contribution in [1.82, 2.24) is 0 Å². The first kappa shape index (κ1) is 13.6. The number of aryl methyl sites for hydroxylation is 1. The van der Waals surface area contributed by atoms with Gasteiger partial charge in [0.25, 0.3) is 0 Å². The number of halogens is 1. The van der Waals surface area contributed by atoms with Crippen LogP contribution < -0.4 is 5.73 Å². The van der Waals surface area contributed by atoms with E-state index in [0.717, 1.165) is 36.3 Å². The molecule has 1 heterocycles. The molecule has 2 rings (SSSR count). The van der Waals surface area contributed by atoms with Crippen LogP contribution >= 0.6 is 22.9 Å².